The first-order valence-electron chi connectivity index (χ1n) is 3.42. The average Bonchev–Trinajstić information content (AvgIpc) is 2.08. The Bertz CT molecular complexity index is 289. The molecule has 0 aliphatic rings. The van der Waals surface area contributed by atoms with Gasteiger partial charge in [-0.3, -0.25) is 0 Å². The van der Waals surface area contributed by atoms with E-state index in [0.717, 1.165) is 6.07 Å². The summed E-state index contributed by atoms with van der Waals surface area (Å²) in [4.78, 5) is 0. The fourth-order valence-corrected chi connectivity index (χ4v) is 0.835. The summed E-state index contributed by atoms with van der Waals surface area (Å²) in [6, 6.07) is 3.78. The first-order valence-corrected chi connectivity index (χ1v) is 3.42. The van der Waals surface area contributed by atoms with Gasteiger partial charge in [0, 0.05) is 0 Å². The third kappa shape index (κ3) is 2.27. The molecule has 0 bridgehead atoms. The molecule has 0 heterocycles. The van der Waals surface area contributed by atoms with Crippen molar-refractivity contribution in [3.05, 3.63) is 24.0 Å². The minimum absolute atomic E-state index is 0.127. The van der Waals surface area contributed by atoms with E-state index in [9.17, 15) is 13.2 Å². The molecule has 0 radical (unpaired) electrons. The number of alkyl halides is 2. The van der Waals surface area contributed by atoms with E-state index >= 15 is 0 Å². The molecule has 0 fully saturated rings. The highest BCUT2D eigenvalue weighted by atomic mass is 19.3. The fourth-order valence-electron chi connectivity index (χ4n) is 0.835. The van der Waals surface area contributed by atoms with Crippen molar-refractivity contribution < 1.29 is 22.6 Å². The van der Waals surface area contributed by atoms with E-state index < -0.39 is 18.2 Å². The maximum absolute atomic E-state index is 13.0. The van der Waals surface area contributed by atoms with Crippen LogP contribution in [0.1, 0.15) is 0 Å². The molecule has 0 unspecified atom stereocenters. The number of rotatable bonds is 3. The zero-order valence-electron chi connectivity index (χ0n) is 6.76. The van der Waals surface area contributed by atoms with Crippen LogP contribution >= 0.6 is 0 Å². The summed E-state index contributed by atoms with van der Waals surface area (Å²) in [5.41, 5.74) is 0. The zero-order chi connectivity index (χ0) is 9.84. The van der Waals surface area contributed by atoms with E-state index in [-0.39, 0.29) is 5.75 Å². The van der Waals surface area contributed by atoms with Crippen molar-refractivity contribution >= 4 is 0 Å². The molecule has 0 aliphatic carbocycles. The van der Waals surface area contributed by atoms with E-state index in [1.54, 1.807) is 0 Å². The molecule has 1 aromatic rings. The summed E-state index contributed by atoms with van der Waals surface area (Å²) in [6.45, 7) is -3.04. The molecule has 0 atom stereocenters. The van der Waals surface area contributed by atoms with Gasteiger partial charge in [0.1, 0.15) is 0 Å². The molecule has 1 aromatic carbocycles. The molecule has 0 aliphatic heterocycles. The van der Waals surface area contributed by atoms with Crippen LogP contribution in [-0.2, 0) is 0 Å². The standard InChI is InChI=1S/C8H7F3O2/c1-12-5-3-2-4-6(7(5)9)13-8(10)11/h2-4,8H,1H3. The van der Waals surface area contributed by atoms with Gasteiger partial charge >= 0.3 is 6.61 Å². The van der Waals surface area contributed by atoms with Crippen LogP contribution in [0.25, 0.3) is 0 Å². The third-order valence-corrected chi connectivity index (χ3v) is 1.36. The molecule has 0 spiro atoms. The van der Waals surface area contributed by atoms with E-state index in [1.807, 2.05) is 0 Å². The van der Waals surface area contributed by atoms with Crippen LogP contribution in [0.15, 0.2) is 18.2 Å². The summed E-state index contributed by atoms with van der Waals surface area (Å²) >= 11 is 0. The maximum atomic E-state index is 13.0. The average molecular weight is 192 g/mol. The van der Waals surface area contributed by atoms with Crippen LogP contribution in [0.2, 0.25) is 0 Å². The summed E-state index contributed by atoms with van der Waals surface area (Å²) in [7, 11) is 1.24. The lowest BCUT2D eigenvalue weighted by Crippen LogP contribution is -2.04. The van der Waals surface area contributed by atoms with Crippen LogP contribution in [0.4, 0.5) is 13.2 Å². The van der Waals surface area contributed by atoms with E-state index in [4.69, 9.17) is 0 Å². The highest BCUT2D eigenvalue weighted by molar-refractivity contribution is 5.35. The molecule has 2 nitrogen and oxygen atoms in total. The van der Waals surface area contributed by atoms with E-state index in [2.05, 4.69) is 9.47 Å². The normalized spacial score (nSPS) is 10.2. The zero-order valence-corrected chi connectivity index (χ0v) is 6.76. The van der Waals surface area contributed by atoms with Gasteiger partial charge in [-0.15, -0.1) is 0 Å². The first kappa shape index (κ1) is 9.70. The Balaban J connectivity index is 2.94. The van der Waals surface area contributed by atoms with Crippen molar-refractivity contribution in [2.75, 3.05) is 7.11 Å². The Morgan fingerprint density at radius 1 is 1.23 bits per heavy atom. The first-order chi connectivity index (χ1) is 6.15. The van der Waals surface area contributed by atoms with Crippen LogP contribution in [0.5, 0.6) is 11.5 Å². The topological polar surface area (TPSA) is 18.5 Å². The highest BCUT2D eigenvalue weighted by Gasteiger charge is 2.12. The van der Waals surface area contributed by atoms with Crippen molar-refractivity contribution in [3.8, 4) is 11.5 Å². The molecule has 5 heteroatoms. The van der Waals surface area contributed by atoms with E-state index in [1.165, 1.54) is 19.2 Å². The molecular weight excluding hydrogens is 185 g/mol. The second kappa shape index (κ2) is 4.02. The Morgan fingerprint density at radius 2 is 1.85 bits per heavy atom. The monoisotopic (exact) mass is 192 g/mol. The molecule has 0 amide bonds. The van der Waals surface area contributed by atoms with Gasteiger partial charge in [0.25, 0.3) is 0 Å². The largest absolute Gasteiger partial charge is 0.494 e. The fraction of sp³-hybridized carbons (Fsp3) is 0.250. The summed E-state index contributed by atoms with van der Waals surface area (Å²) < 4.78 is 44.9. The van der Waals surface area contributed by atoms with E-state index in [0.29, 0.717) is 0 Å². The minimum Gasteiger partial charge on any atom is -0.494 e. The third-order valence-electron chi connectivity index (χ3n) is 1.36. The summed E-state index contributed by atoms with van der Waals surface area (Å²) in [5.74, 6) is -1.57. The number of ether oxygens (including phenoxy) is 2. The number of halogens is 3. The van der Waals surface area contributed by atoms with Crippen LogP contribution in [-0.4, -0.2) is 13.7 Å². The molecule has 0 saturated heterocycles. The second-order valence-corrected chi connectivity index (χ2v) is 2.15. The molecule has 0 aromatic heterocycles. The van der Waals surface area contributed by atoms with Crippen molar-refractivity contribution in [2.45, 2.75) is 6.61 Å². The molecule has 13 heavy (non-hydrogen) atoms. The minimum atomic E-state index is -3.04. The number of benzene rings is 1. The number of hydrogen-bond donors (Lipinski definition) is 0. The Morgan fingerprint density at radius 3 is 2.38 bits per heavy atom. The SMILES string of the molecule is COc1cccc(OC(F)F)c1F. The van der Waals surface area contributed by atoms with Crippen molar-refractivity contribution in [1.82, 2.24) is 0 Å². The lowest BCUT2D eigenvalue weighted by atomic mass is 10.3. The van der Waals surface area contributed by atoms with Gasteiger partial charge in [-0.25, -0.2) is 0 Å². The van der Waals surface area contributed by atoms with Gasteiger partial charge in [0.15, 0.2) is 11.5 Å². The van der Waals surface area contributed by atoms with Crippen molar-refractivity contribution in [1.29, 1.82) is 0 Å². The Kier molecular flexibility index (Phi) is 3.00. The number of hydrogen-bond acceptors (Lipinski definition) is 2. The summed E-state index contributed by atoms with van der Waals surface area (Å²) in [5, 5.41) is 0. The van der Waals surface area contributed by atoms with Gasteiger partial charge in [0.05, 0.1) is 7.11 Å². The maximum Gasteiger partial charge on any atom is 0.387 e. The molecular formula is C8H7F3O2. The van der Waals surface area contributed by atoms with Crippen LogP contribution in [0, 0.1) is 5.82 Å². The van der Waals surface area contributed by atoms with Gasteiger partial charge in [-0.05, 0) is 12.1 Å². The van der Waals surface area contributed by atoms with Gasteiger partial charge in [0.2, 0.25) is 5.82 Å². The molecule has 0 N–H and O–H groups in total. The lowest BCUT2D eigenvalue weighted by molar-refractivity contribution is -0.0523. The van der Waals surface area contributed by atoms with Crippen molar-refractivity contribution in [2.24, 2.45) is 0 Å². The Hall–Kier alpha value is -1.39. The molecule has 0 saturated carbocycles. The molecule has 1 rings (SSSR count). The van der Waals surface area contributed by atoms with Crippen LogP contribution < -0.4 is 9.47 Å². The smallest absolute Gasteiger partial charge is 0.387 e. The Labute approximate surface area is 72.9 Å². The quantitative estimate of drug-likeness (QED) is 0.732. The molecule has 72 valence electrons. The number of methoxy groups -OCH3 is 1. The van der Waals surface area contributed by atoms with Gasteiger partial charge < -0.3 is 9.47 Å². The van der Waals surface area contributed by atoms with Gasteiger partial charge in [-0.2, -0.15) is 13.2 Å². The van der Waals surface area contributed by atoms with Crippen LogP contribution in [0.3, 0.4) is 0 Å². The predicted molar refractivity (Wildman–Crippen MR) is 39.6 cm³/mol. The van der Waals surface area contributed by atoms with Crippen molar-refractivity contribution in [3.63, 3.8) is 0 Å². The lowest BCUT2D eigenvalue weighted by Gasteiger charge is -2.07. The predicted octanol–water partition coefficient (Wildman–Crippen LogP) is 2.44. The summed E-state index contributed by atoms with van der Waals surface area (Å²) in [6.07, 6.45) is 0. The highest BCUT2D eigenvalue weighted by Crippen LogP contribution is 2.26. The second-order valence-electron chi connectivity index (χ2n) is 2.15. The van der Waals surface area contributed by atoms with Gasteiger partial charge in [-0.1, -0.05) is 6.07 Å².